The van der Waals surface area contributed by atoms with E-state index in [2.05, 4.69) is 23.7 Å². The Balaban J connectivity index is 1.52. The summed E-state index contributed by atoms with van der Waals surface area (Å²) in [7, 11) is 0. The third-order valence-electron chi connectivity index (χ3n) is 5.97. The first-order valence-electron chi connectivity index (χ1n) is 11.9. The minimum absolute atomic E-state index is 0.0292. The van der Waals surface area contributed by atoms with Crippen LogP contribution in [0.5, 0.6) is 0 Å². The third kappa shape index (κ3) is 7.24. The summed E-state index contributed by atoms with van der Waals surface area (Å²) in [5, 5.41) is 3.49. The first-order valence-corrected chi connectivity index (χ1v) is 13.0. The number of rotatable bonds is 11. The van der Waals surface area contributed by atoms with Crippen molar-refractivity contribution < 1.29 is 9.21 Å². The quantitative estimate of drug-likeness (QED) is 0.431. The van der Waals surface area contributed by atoms with Gasteiger partial charge in [0, 0.05) is 35.2 Å². The maximum atomic E-state index is 12.5. The van der Waals surface area contributed by atoms with Crippen molar-refractivity contribution in [2.24, 2.45) is 0 Å². The molecule has 1 aromatic carbocycles. The van der Waals surface area contributed by atoms with Gasteiger partial charge in [-0.2, -0.15) is 0 Å². The van der Waals surface area contributed by atoms with Gasteiger partial charge < -0.3 is 14.6 Å². The number of benzene rings is 1. The maximum absolute atomic E-state index is 12.5. The first-order chi connectivity index (χ1) is 15.6. The summed E-state index contributed by atoms with van der Waals surface area (Å²) >= 11 is 1.85. The molecule has 1 saturated heterocycles. The topological polar surface area (TPSA) is 58.4 Å². The molecule has 174 valence electrons. The number of nitrogens with one attached hydrogen (secondary N) is 1. The van der Waals surface area contributed by atoms with Gasteiger partial charge in [-0.3, -0.25) is 4.79 Å². The first kappa shape index (κ1) is 24.6. The summed E-state index contributed by atoms with van der Waals surface area (Å²) in [4.78, 5) is 19.7. The molecule has 1 N–H and O–H groups in total. The van der Waals surface area contributed by atoms with Crippen LogP contribution >= 0.6 is 11.8 Å². The molecule has 3 rings (SSSR count). The number of oxazole rings is 1. The Bertz CT molecular complexity index is 854. The molecule has 2 aromatic rings. The van der Waals surface area contributed by atoms with Gasteiger partial charge in [-0.1, -0.05) is 32.3 Å². The zero-order valence-corrected chi connectivity index (χ0v) is 20.4. The summed E-state index contributed by atoms with van der Waals surface area (Å²) in [6.07, 6.45) is 9.47. The molecule has 1 aromatic heterocycles. The number of nitrogens with zero attached hydrogens (tertiary/aromatic N) is 2. The lowest BCUT2D eigenvalue weighted by Crippen LogP contribution is -2.35. The number of hydrogen-bond acceptors (Lipinski definition) is 5. The van der Waals surface area contributed by atoms with Crippen LogP contribution in [0.1, 0.15) is 67.3 Å². The normalized spacial score (nSPS) is 15.8. The van der Waals surface area contributed by atoms with Crippen LogP contribution in [0.25, 0.3) is 11.5 Å². The van der Waals surface area contributed by atoms with Crippen LogP contribution in [-0.4, -0.2) is 47.2 Å². The predicted molar refractivity (Wildman–Crippen MR) is 134 cm³/mol. The Hall–Kier alpha value is -2.05. The zero-order valence-electron chi connectivity index (χ0n) is 19.6. The number of likely N-dealkylation sites (tertiary alicyclic amines) is 1. The molecule has 5 nitrogen and oxygen atoms in total. The Morgan fingerprint density at radius 2 is 1.97 bits per heavy atom. The third-order valence-corrected chi connectivity index (χ3v) is 7.27. The second kappa shape index (κ2) is 12.9. The van der Waals surface area contributed by atoms with E-state index in [9.17, 15) is 4.79 Å². The van der Waals surface area contributed by atoms with Crippen LogP contribution in [0.4, 0.5) is 0 Å². The van der Waals surface area contributed by atoms with E-state index >= 15 is 0 Å². The highest BCUT2D eigenvalue weighted by Crippen LogP contribution is 2.27. The smallest absolute Gasteiger partial charge is 0.251 e. The average Bonchev–Trinajstić information content (AvgIpc) is 2.99. The number of aryl methyl sites for hydroxylation is 1. The van der Waals surface area contributed by atoms with Crippen molar-refractivity contribution in [3.63, 3.8) is 0 Å². The van der Waals surface area contributed by atoms with Crippen molar-refractivity contribution in [2.75, 3.05) is 26.2 Å². The molecule has 32 heavy (non-hydrogen) atoms. The van der Waals surface area contributed by atoms with Crippen molar-refractivity contribution in [3.8, 4) is 11.5 Å². The highest BCUT2D eigenvalue weighted by atomic mass is 32.2. The fourth-order valence-electron chi connectivity index (χ4n) is 3.98. The van der Waals surface area contributed by atoms with Gasteiger partial charge in [0.2, 0.25) is 5.89 Å². The lowest BCUT2D eigenvalue weighted by atomic mass is 10.1. The van der Waals surface area contributed by atoms with Gasteiger partial charge in [0.25, 0.3) is 5.91 Å². The minimum atomic E-state index is -0.0292. The van der Waals surface area contributed by atoms with Gasteiger partial charge in [-0.05, 0) is 63.5 Å². The van der Waals surface area contributed by atoms with Crippen LogP contribution in [0.2, 0.25) is 0 Å². The van der Waals surface area contributed by atoms with E-state index in [0.717, 1.165) is 55.2 Å². The molecule has 1 aliphatic heterocycles. The van der Waals surface area contributed by atoms with Crippen LogP contribution in [0.3, 0.4) is 0 Å². The van der Waals surface area contributed by atoms with E-state index < -0.39 is 0 Å². The van der Waals surface area contributed by atoms with Gasteiger partial charge in [-0.25, -0.2) is 4.98 Å². The predicted octanol–water partition coefficient (Wildman–Crippen LogP) is 5.84. The molecule has 0 saturated carbocycles. The van der Waals surface area contributed by atoms with Gasteiger partial charge in [-0.15, -0.1) is 18.3 Å². The Labute approximate surface area is 197 Å². The molecule has 6 heteroatoms. The number of amides is 1. The average molecular weight is 456 g/mol. The minimum Gasteiger partial charge on any atom is -0.441 e. The second-order valence-corrected chi connectivity index (χ2v) is 9.71. The summed E-state index contributed by atoms with van der Waals surface area (Å²) in [6.45, 7) is 12.0. The summed E-state index contributed by atoms with van der Waals surface area (Å²) in [6, 6.07) is 7.52. The molecule has 0 spiro atoms. The summed E-state index contributed by atoms with van der Waals surface area (Å²) < 4.78 is 5.91. The standard InChI is InChI=1S/C26H37N3O2S/c1-4-10-23(5-2)32-19-24-20(3)31-26(28-24)22-13-11-21(12-14-22)25(30)27-15-18-29-16-8-6-7-9-17-29/h5,11-14,23H,2,4,6-10,15-19H2,1,3H3,(H,27,30). The fraction of sp³-hybridized carbons (Fsp3) is 0.538. The van der Waals surface area contributed by atoms with Gasteiger partial charge >= 0.3 is 0 Å². The van der Waals surface area contributed by atoms with Crippen molar-refractivity contribution in [1.29, 1.82) is 0 Å². The molecule has 1 amide bonds. The molecule has 2 heterocycles. The van der Waals surface area contributed by atoms with E-state index in [-0.39, 0.29) is 5.91 Å². The Morgan fingerprint density at radius 3 is 2.62 bits per heavy atom. The Morgan fingerprint density at radius 1 is 1.25 bits per heavy atom. The molecular formula is C26H37N3O2S. The number of aromatic nitrogens is 1. The van der Waals surface area contributed by atoms with Crippen molar-refractivity contribution in [2.45, 2.75) is 63.4 Å². The number of carbonyl (C=O) groups is 1. The summed E-state index contributed by atoms with van der Waals surface area (Å²) in [5.74, 6) is 2.24. The highest BCUT2D eigenvalue weighted by Gasteiger charge is 2.15. The van der Waals surface area contributed by atoms with E-state index in [1.165, 1.54) is 25.7 Å². The molecule has 0 aliphatic carbocycles. The van der Waals surface area contributed by atoms with E-state index in [1.54, 1.807) is 0 Å². The lowest BCUT2D eigenvalue weighted by molar-refractivity contribution is 0.0948. The lowest BCUT2D eigenvalue weighted by Gasteiger charge is -2.19. The number of thioether (sulfide) groups is 1. The van der Waals surface area contributed by atoms with Crippen LogP contribution in [-0.2, 0) is 5.75 Å². The molecule has 0 radical (unpaired) electrons. The number of hydrogen-bond donors (Lipinski definition) is 1. The van der Waals surface area contributed by atoms with Crippen molar-refractivity contribution in [1.82, 2.24) is 15.2 Å². The Kier molecular flexibility index (Phi) is 9.88. The molecular weight excluding hydrogens is 418 g/mol. The molecule has 0 bridgehead atoms. The summed E-state index contributed by atoms with van der Waals surface area (Å²) in [5.41, 5.74) is 2.53. The molecule has 1 atom stereocenters. The van der Waals surface area contributed by atoms with E-state index in [1.807, 2.05) is 49.0 Å². The van der Waals surface area contributed by atoms with Crippen LogP contribution in [0.15, 0.2) is 41.3 Å². The van der Waals surface area contributed by atoms with Crippen LogP contribution < -0.4 is 5.32 Å². The van der Waals surface area contributed by atoms with Gasteiger partial charge in [0.15, 0.2) is 0 Å². The monoisotopic (exact) mass is 455 g/mol. The SMILES string of the molecule is C=CC(CCC)SCc1nc(-c2ccc(C(=O)NCCN3CCCCCC3)cc2)oc1C. The zero-order chi connectivity index (χ0) is 22.8. The van der Waals surface area contributed by atoms with E-state index in [4.69, 9.17) is 9.40 Å². The van der Waals surface area contributed by atoms with Crippen molar-refractivity contribution >= 4 is 17.7 Å². The molecule has 1 fully saturated rings. The number of carbonyl (C=O) groups excluding carboxylic acids is 1. The molecule has 1 unspecified atom stereocenters. The fourth-order valence-corrected chi connectivity index (χ4v) is 5.16. The maximum Gasteiger partial charge on any atom is 0.251 e. The van der Waals surface area contributed by atoms with Gasteiger partial charge in [0.05, 0.1) is 5.69 Å². The van der Waals surface area contributed by atoms with Gasteiger partial charge in [0.1, 0.15) is 5.76 Å². The second-order valence-electron chi connectivity index (χ2n) is 8.48. The highest BCUT2D eigenvalue weighted by molar-refractivity contribution is 7.99. The largest absolute Gasteiger partial charge is 0.441 e. The van der Waals surface area contributed by atoms with Crippen molar-refractivity contribution in [3.05, 3.63) is 53.9 Å². The van der Waals surface area contributed by atoms with Crippen LogP contribution in [0, 0.1) is 6.92 Å². The molecule has 1 aliphatic rings. The van der Waals surface area contributed by atoms with E-state index in [0.29, 0.717) is 23.2 Å².